The molecule has 1 aromatic heterocycles. The second kappa shape index (κ2) is 4.15. The Hall–Kier alpha value is -1.35. The quantitative estimate of drug-likeness (QED) is 0.800. The first kappa shape index (κ1) is 10.8. The van der Waals surface area contributed by atoms with Crippen molar-refractivity contribution in [2.75, 3.05) is 20.1 Å². The second-order valence-electron chi connectivity index (χ2n) is 4.98. The third-order valence-electron chi connectivity index (χ3n) is 3.86. The van der Waals surface area contributed by atoms with Gasteiger partial charge in [-0.3, -0.25) is 0 Å². The third kappa shape index (κ3) is 1.84. The Morgan fingerprint density at radius 3 is 2.82 bits per heavy atom. The Morgan fingerprint density at radius 2 is 2.06 bits per heavy atom. The summed E-state index contributed by atoms with van der Waals surface area (Å²) in [6.07, 6.45) is 4.32. The maximum Gasteiger partial charge on any atom is 0.147 e. The number of H-pyrrole nitrogens is 1. The summed E-state index contributed by atoms with van der Waals surface area (Å²) in [7, 11) is 2.16. The van der Waals surface area contributed by atoms with Crippen LogP contribution in [0.1, 0.15) is 24.3 Å². The second-order valence-corrected chi connectivity index (χ2v) is 4.98. The van der Waals surface area contributed by atoms with Crippen molar-refractivity contribution in [3.05, 3.63) is 35.8 Å². The molecule has 0 bridgehead atoms. The Kier molecular flexibility index (Phi) is 2.63. The summed E-state index contributed by atoms with van der Waals surface area (Å²) >= 11 is 0. The van der Waals surface area contributed by atoms with Crippen LogP contribution in [0, 0.1) is 5.82 Å². The summed E-state index contributed by atoms with van der Waals surface area (Å²) in [5, 5.41) is 1.06. The fourth-order valence-corrected chi connectivity index (χ4v) is 2.80. The van der Waals surface area contributed by atoms with Crippen LogP contribution in [-0.2, 0) is 0 Å². The maximum absolute atomic E-state index is 13.6. The highest BCUT2D eigenvalue weighted by atomic mass is 19.1. The highest BCUT2D eigenvalue weighted by Crippen LogP contribution is 2.33. The van der Waals surface area contributed by atoms with E-state index in [0.29, 0.717) is 11.4 Å². The van der Waals surface area contributed by atoms with Crippen LogP contribution in [0.15, 0.2) is 24.4 Å². The lowest BCUT2D eigenvalue weighted by atomic mass is 9.89. The van der Waals surface area contributed by atoms with E-state index in [0.717, 1.165) is 18.5 Å². The van der Waals surface area contributed by atoms with E-state index in [1.165, 1.54) is 24.5 Å². The van der Waals surface area contributed by atoms with Crippen LogP contribution in [0.2, 0.25) is 0 Å². The molecule has 3 heteroatoms. The molecule has 0 saturated carbocycles. The van der Waals surface area contributed by atoms with Crippen molar-refractivity contribution in [1.82, 2.24) is 9.88 Å². The Balaban J connectivity index is 1.98. The summed E-state index contributed by atoms with van der Waals surface area (Å²) in [5.41, 5.74) is 1.94. The van der Waals surface area contributed by atoms with Crippen LogP contribution in [0.5, 0.6) is 0 Å². The molecule has 0 radical (unpaired) electrons. The number of aromatic nitrogens is 1. The summed E-state index contributed by atoms with van der Waals surface area (Å²) in [4.78, 5) is 5.43. The van der Waals surface area contributed by atoms with Crippen LogP contribution < -0.4 is 0 Å². The zero-order valence-electron chi connectivity index (χ0n) is 10.0. The minimum absolute atomic E-state index is 0.151. The molecule has 1 saturated heterocycles. The van der Waals surface area contributed by atoms with E-state index in [1.54, 1.807) is 6.07 Å². The van der Waals surface area contributed by atoms with E-state index in [9.17, 15) is 4.39 Å². The van der Waals surface area contributed by atoms with E-state index in [1.807, 2.05) is 12.3 Å². The Labute approximate surface area is 100 Å². The van der Waals surface area contributed by atoms with Gasteiger partial charge in [-0.05, 0) is 50.5 Å². The highest BCUT2D eigenvalue weighted by molar-refractivity contribution is 5.84. The van der Waals surface area contributed by atoms with Crippen molar-refractivity contribution in [3.8, 4) is 0 Å². The van der Waals surface area contributed by atoms with Gasteiger partial charge in [-0.15, -0.1) is 0 Å². The standard InChI is InChI=1S/C14H17FN2/c1-17-7-5-10(6-8-17)12-9-16-14-11(12)3-2-4-13(14)15/h2-4,9-10,16H,5-8H2,1H3. The fourth-order valence-electron chi connectivity index (χ4n) is 2.80. The summed E-state index contributed by atoms with van der Waals surface area (Å²) in [5.74, 6) is 0.420. The van der Waals surface area contributed by atoms with Gasteiger partial charge in [-0.2, -0.15) is 0 Å². The number of para-hydroxylation sites is 1. The number of hydrogen-bond acceptors (Lipinski definition) is 1. The maximum atomic E-state index is 13.6. The molecule has 0 amide bonds. The summed E-state index contributed by atoms with van der Waals surface area (Å²) < 4.78 is 13.6. The number of nitrogens with one attached hydrogen (secondary N) is 1. The van der Waals surface area contributed by atoms with Gasteiger partial charge in [0.2, 0.25) is 0 Å². The van der Waals surface area contributed by atoms with E-state index in [2.05, 4.69) is 16.9 Å². The molecule has 0 aliphatic carbocycles. The number of halogens is 1. The number of fused-ring (bicyclic) bond motifs is 1. The molecule has 3 rings (SSSR count). The molecule has 0 atom stereocenters. The van der Waals surface area contributed by atoms with E-state index in [4.69, 9.17) is 0 Å². The molecule has 0 spiro atoms. The Morgan fingerprint density at radius 1 is 1.29 bits per heavy atom. The lowest BCUT2D eigenvalue weighted by Crippen LogP contribution is -2.29. The van der Waals surface area contributed by atoms with Gasteiger partial charge < -0.3 is 9.88 Å². The monoisotopic (exact) mass is 232 g/mol. The van der Waals surface area contributed by atoms with Crippen molar-refractivity contribution in [2.24, 2.45) is 0 Å². The van der Waals surface area contributed by atoms with Gasteiger partial charge in [0, 0.05) is 11.6 Å². The SMILES string of the molecule is CN1CCC(c2c[nH]c3c(F)cccc23)CC1. The van der Waals surface area contributed by atoms with Gasteiger partial charge in [0.05, 0.1) is 5.52 Å². The molecule has 1 fully saturated rings. The van der Waals surface area contributed by atoms with Crippen LogP contribution in [-0.4, -0.2) is 30.0 Å². The molecular weight excluding hydrogens is 215 g/mol. The highest BCUT2D eigenvalue weighted by Gasteiger charge is 2.21. The lowest BCUT2D eigenvalue weighted by Gasteiger charge is -2.28. The zero-order valence-corrected chi connectivity index (χ0v) is 10.0. The van der Waals surface area contributed by atoms with Crippen LogP contribution in [0.25, 0.3) is 10.9 Å². The molecule has 1 aliphatic heterocycles. The van der Waals surface area contributed by atoms with E-state index in [-0.39, 0.29) is 5.82 Å². The molecular formula is C14H17FN2. The third-order valence-corrected chi connectivity index (χ3v) is 3.86. The smallest absolute Gasteiger partial charge is 0.147 e. The molecule has 2 aromatic rings. The molecule has 0 unspecified atom stereocenters. The zero-order chi connectivity index (χ0) is 11.8. The largest absolute Gasteiger partial charge is 0.359 e. The van der Waals surface area contributed by atoms with Crippen LogP contribution in [0.3, 0.4) is 0 Å². The van der Waals surface area contributed by atoms with Crippen LogP contribution >= 0.6 is 0 Å². The van der Waals surface area contributed by atoms with E-state index >= 15 is 0 Å². The van der Waals surface area contributed by atoms with Gasteiger partial charge in [0.25, 0.3) is 0 Å². The number of benzene rings is 1. The van der Waals surface area contributed by atoms with Crippen molar-refractivity contribution in [2.45, 2.75) is 18.8 Å². The summed E-state index contributed by atoms with van der Waals surface area (Å²) in [6.45, 7) is 2.26. The number of piperidine rings is 1. The first-order valence-corrected chi connectivity index (χ1v) is 6.20. The van der Waals surface area contributed by atoms with Crippen molar-refractivity contribution >= 4 is 10.9 Å². The molecule has 1 aliphatic rings. The van der Waals surface area contributed by atoms with Crippen LogP contribution in [0.4, 0.5) is 4.39 Å². The number of likely N-dealkylation sites (tertiary alicyclic amines) is 1. The molecule has 2 nitrogen and oxygen atoms in total. The first-order chi connectivity index (χ1) is 8.25. The average molecular weight is 232 g/mol. The van der Waals surface area contributed by atoms with Crippen molar-refractivity contribution < 1.29 is 4.39 Å². The van der Waals surface area contributed by atoms with Gasteiger partial charge >= 0.3 is 0 Å². The predicted octanol–water partition coefficient (Wildman–Crippen LogP) is 3.12. The number of aromatic amines is 1. The normalized spacial score (nSPS) is 18.9. The predicted molar refractivity (Wildman–Crippen MR) is 67.7 cm³/mol. The average Bonchev–Trinajstić information content (AvgIpc) is 2.75. The Bertz CT molecular complexity index is 524. The minimum Gasteiger partial charge on any atom is -0.359 e. The van der Waals surface area contributed by atoms with Crippen molar-refractivity contribution in [1.29, 1.82) is 0 Å². The molecule has 1 aromatic carbocycles. The molecule has 17 heavy (non-hydrogen) atoms. The number of nitrogens with zero attached hydrogens (tertiary/aromatic N) is 1. The topological polar surface area (TPSA) is 19.0 Å². The minimum atomic E-state index is -0.151. The van der Waals surface area contributed by atoms with Gasteiger partial charge in [0.15, 0.2) is 0 Å². The first-order valence-electron chi connectivity index (χ1n) is 6.20. The van der Waals surface area contributed by atoms with E-state index < -0.39 is 0 Å². The number of rotatable bonds is 1. The van der Waals surface area contributed by atoms with Crippen molar-refractivity contribution in [3.63, 3.8) is 0 Å². The van der Waals surface area contributed by atoms with Gasteiger partial charge in [-0.1, -0.05) is 12.1 Å². The lowest BCUT2D eigenvalue weighted by molar-refractivity contribution is 0.256. The molecule has 1 N–H and O–H groups in total. The number of hydrogen-bond donors (Lipinski definition) is 1. The van der Waals surface area contributed by atoms with Gasteiger partial charge in [0.1, 0.15) is 5.82 Å². The molecule has 2 heterocycles. The molecule has 90 valence electrons. The fraction of sp³-hybridized carbons (Fsp3) is 0.429. The summed E-state index contributed by atoms with van der Waals surface area (Å²) in [6, 6.07) is 5.32. The van der Waals surface area contributed by atoms with Gasteiger partial charge in [-0.25, -0.2) is 4.39 Å².